The minimum atomic E-state index is -1.06. The lowest BCUT2D eigenvalue weighted by Gasteiger charge is -2.27. The number of benzene rings is 2. The minimum absolute atomic E-state index is 0.0315. The Kier molecular flexibility index (Phi) is 6.45. The first-order valence-electron chi connectivity index (χ1n) is 11.3. The Morgan fingerprint density at radius 2 is 1.84 bits per heavy atom. The zero-order chi connectivity index (χ0) is 26.1. The molecule has 12 heteroatoms. The van der Waals surface area contributed by atoms with Gasteiger partial charge in [-0.05, 0) is 36.8 Å². The summed E-state index contributed by atoms with van der Waals surface area (Å²) in [7, 11) is 0. The van der Waals surface area contributed by atoms with E-state index in [1.54, 1.807) is 30.3 Å². The Hall–Kier alpha value is -4.51. The molecule has 1 atom stereocenters. The molecule has 0 aliphatic carbocycles. The molecular formula is C25H19ClN4O7. The van der Waals surface area contributed by atoms with Crippen LogP contribution in [0, 0.1) is 0 Å². The molecule has 2 aliphatic rings. The molecule has 3 heterocycles. The van der Waals surface area contributed by atoms with Crippen LogP contribution in [-0.4, -0.2) is 52.2 Å². The molecule has 11 nitrogen and oxygen atoms in total. The second-order valence-electron chi connectivity index (χ2n) is 8.41. The van der Waals surface area contributed by atoms with Gasteiger partial charge in [0.25, 0.3) is 17.7 Å². The number of fused-ring (bicyclic) bond motifs is 1. The number of carbonyl (C=O) groups excluding carboxylic acids is 5. The molecular weight excluding hydrogens is 504 g/mol. The summed E-state index contributed by atoms with van der Waals surface area (Å²) < 4.78 is 10.7. The lowest BCUT2D eigenvalue weighted by Crippen LogP contribution is -2.54. The van der Waals surface area contributed by atoms with Gasteiger partial charge in [-0.25, -0.2) is 0 Å². The van der Waals surface area contributed by atoms with Crippen molar-refractivity contribution in [3.63, 3.8) is 0 Å². The summed E-state index contributed by atoms with van der Waals surface area (Å²) in [6.45, 7) is -0.267. The lowest BCUT2D eigenvalue weighted by molar-refractivity contribution is -0.136. The third-order valence-corrected chi connectivity index (χ3v) is 6.19. The summed E-state index contributed by atoms with van der Waals surface area (Å²) in [5.74, 6) is -2.23. The summed E-state index contributed by atoms with van der Waals surface area (Å²) in [5.41, 5.74) is 1.59. The van der Waals surface area contributed by atoms with E-state index >= 15 is 0 Å². The van der Waals surface area contributed by atoms with E-state index in [9.17, 15) is 24.0 Å². The molecule has 2 N–H and O–H groups in total. The third kappa shape index (κ3) is 4.94. The topological polar surface area (TPSA) is 148 Å². The molecule has 37 heavy (non-hydrogen) atoms. The average molecular weight is 523 g/mol. The highest BCUT2D eigenvalue weighted by Gasteiger charge is 2.44. The maximum Gasteiger partial charge on any atom is 0.262 e. The molecule has 0 radical (unpaired) electrons. The van der Waals surface area contributed by atoms with Crippen molar-refractivity contribution in [1.82, 2.24) is 20.7 Å². The molecule has 1 aromatic heterocycles. The zero-order valence-corrected chi connectivity index (χ0v) is 19.9. The molecule has 5 rings (SSSR count). The number of hydrogen-bond donors (Lipinski definition) is 2. The molecule has 2 aliphatic heterocycles. The van der Waals surface area contributed by atoms with E-state index in [4.69, 9.17) is 20.9 Å². The first-order chi connectivity index (χ1) is 17.8. The van der Waals surface area contributed by atoms with Crippen molar-refractivity contribution in [2.24, 2.45) is 0 Å². The van der Waals surface area contributed by atoms with E-state index in [1.807, 2.05) is 0 Å². The Morgan fingerprint density at radius 1 is 1.08 bits per heavy atom. The van der Waals surface area contributed by atoms with Crippen LogP contribution >= 0.6 is 11.6 Å². The van der Waals surface area contributed by atoms with E-state index in [0.29, 0.717) is 16.5 Å². The molecule has 0 saturated carbocycles. The van der Waals surface area contributed by atoms with Gasteiger partial charge in [0, 0.05) is 23.1 Å². The molecule has 1 unspecified atom stereocenters. The van der Waals surface area contributed by atoms with E-state index in [1.165, 1.54) is 18.2 Å². The fourth-order valence-electron chi connectivity index (χ4n) is 4.08. The molecule has 3 aromatic rings. The first-order valence-corrected chi connectivity index (χ1v) is 11.6. The van der Waals surface area contributed by atoms with Gasteiger partial charge in [0.1, 0.15) is 17.5 Å². The number of amides is 5. The van der Waals surface area contributed by atoms with Gasteiger partial charge in [-0.1, -0.05) is 28.9 Å². The van der Waals surface area contributed by atoms with Crippen LogP contribution in [0.3, 0.4) is 0 Å². The number of ether oxygens (including phenoxy) is 1. The summed E-state index contributed by atoms with van der Waals surface area (Å²) in [6.07, 6.45) is 0.0931. The van der Waals surface area contributed by atoms with Crippen molar-refractivity contribution in [3.8, 4) is 17.0 Å². The summed E-state index contributed by atoms with van der Waals surface area (Å²) in [6, 6.07) is 11.9. The zero-order valence-electron chi connectivity index (χ0n) is 19.2. The molecule has 1 saturated heterocycles. The van der Waals surface area contributed by atoms with E-state index in [2.05, 4.69) is 15.8 Å². The maximum atomic E-state index is 12.9. The quantitative estimate of drug-likeness (QED) is 0.448. The predicted molar refractivity (Wildman–Crippen MR) is 127 cm³/mol. The second kappa shape index (κ2) is 9.86. The smallest absolute Gasteiger partial charge is 0.262 e. The molecule has 0 bridgehead atoms. The van der Waals surface area contributed by atoms with Gasteiger partial charge in [0.2, 0.25) is 11.8 Å². The number of imide groups is 2. The highest BCUT2D eigenvalue weighted by molar-refractivity contribution is 6.30. The van der Waals surface area contributed by atoms with E-state index in [0.717, 1.165) is 10.5 Å². The molecule has 5 amide bonds. The predicted octanol–water partition coefficient (Wildman–Crippen LogP) is 2.09. The van der Waals surface area contributed by atoms with Crippen LogP contribution in [0.4, 0.5) is 0 Å². The summed E-state index contributed by atoms with van der Waals surface area (Å²) in [5, 5.41) is 9.37. The number of nitrogens with one attached hydrogen (secondary N) is 2. The standard InChI is InChI=1S/C25H19ClN4O7/c26-14-3-1-13(2-4-14)19-10-16(37-29-19)11-27-22(32)12-36-15-5-6-17-18(9-15)25(35)30(24(17)34)20-7-8-21(31)28-23(20)33/h1-6,9-10,20H,7-8,11-12H2,(H,27,32)(H,28,31,33). The van der Waals surface area contributed by atoms with Crippen LogP contribution in [0.2, 0.25) is 5.02 Å². The Labute approximate surface area is 214 Å². The average Bonchev–Trinajstić information content (AvgIpc) is 3.45. The molecule has 0 spiro atoms. The number of hydrogen-bond acceptors (Lipinski definition) is 8. The Morgan fingerprint density at radius 3 is 2.59 bits per heavy atom. The summed E-state index contributed by atoms with van der Waals surface area (Å²) in [4.78, 5) is 62.3. The fourth-order valence-corrected chi connectivity index (χ4v) is 4.20. The Bertz CT molecular complexity index is 1430. The van der Waals surface area contributed by atoms with Gasteiger partial charge in [0.05, 0.1) is 17.7 Å². The van der Waals surface area contributed by atoms with Crippen molar-refractivity contribution in [3.05, 3.63) is 70.4 Å². The number of halogens is 1. The van der Waals surface area contributed by atoms with Crippen molar-refractivity contribution < 1.29 is 33.2 Å². The van der Waals surface area contributed by atoms with Crippen molar-refractivity contribution in [2.45, 2.75) is 25.4 Å². The third-order valence-electron chi connectivity index (χ3n) is 5.94. The number of rotatable bonds is 7. The van der Waals surface area contributed by atoms with Crippen molar-refractivity contribution in [2.75, 3.05) is 6.61 Å². The molecule has 1 fully saturated rings. The van der Waals surface area contributed by atoms with Crippen LogP contribution in [0.5, 0.6) is 5.75 Å². The minimum Gasteiger partial charge on any atom is -0.484 e. The van der Waals surface area contributed by atoms with Crippen LogP contribution < -0.4 is 15.4 Å². The van der Waals surface area contributed by atoms with E-state index in [-0.39, 0.29) is 42.9 Å². The van der Waals surface area contributed by atoms with Gasteiger partial charge in [-0.2, -0.15) is 0 Å². The van der Waals surface area contributed by atoms with Gasteiger partial charge in [0.15, 0.2) is 12.4 Å². The highest BCUT2D eigenvalue weighted by Crippen LogP contribution is 2.30. The molecule has 2 aromatic carbocycles. The van der Waals surface area contributed by atoms with Gasteiger partial charge in [-0.3, -0.25) is 34.2 Å². The fraction of sp³-hybridized carbons (Fsp3) is 0.200. The second-order valence-corrected chi connectivity index (χ2v) is 8.84. The number of nitrogens with zero attached hydrogens (tertiary/aromatic N) is 2. The monoisotopic (exact) mass is 522 g/mol. The highest BCUT2D eigenvalue weighted by atomic mass is 35.5. The van der Waals surface area contributed by atoms with Crippen LogP contribution in [0.15, 0.2) is 53.1 Å². The van der Waals surface area contributed by atoms with E-state index < -0.39 is 35.6 Å². The summed E-state index contributed by atoms with van der Waals surface area (Å²) >= 11 is 5.89. The Balaban J connectivity index is 1.17. The first kappa shape index (κ1) is 24.2. The van der Waals surface area contributed by atoms with Gasteiger partial charge < -0.3 is 14.6 Å². The SMILES string of the molecule is O=C(COc1ccc2c(c1)C(=O)N(C1CCC(=O)NC1=O)C2=O)NCc1cc(-c2ccc(Cl)cc2)no1. The normalized spacial score (nSPS) is 17.0. The molecule has 188 valence electrons. The van der Waals surface area contributed by atoms with Crippen LogP contribution in [0.1, 0.15) is 39.3 Å². The number of aromatic nitrogens is 1. The maximum absolute atomic E-state index is 12.9. The van der Waals surface area contributed by atoms with Gasteiger partial charge in [-0.15, -0.1) is 0 Å². The van der Waals surface area contributed by atoms with Crippen molar-refractivity contribution in [1.29, 1.82) is 0 Å². The van der Waals surface area contributed by atoms with Crippen LogP contribution in [-0.2, 0) is 20.9 Å². The largest absolute Gasteiger partial charge is 0.484 e. The number of carbonyl (C=O) groups is 5. The van der Waals surface area contributed by atoms with Crippen LogP contribution in [0.25, 0.3) is 11.3 Å². The van der Waals surface area contributed by atoms with Gasteiger partial charge >= 0.3 is 0 Å². The van der Waals surface area contributed by atoms with Crippen molar-refractivity contribution >= 4 is 41.1 Å². The lowest BCUT2D eigenvalue weighted by atomic mass is 10.0. The number of piperidine rings is 1.